The first kappa shape index (κ1) is 14.0. The average molecular weight is 291 g/mol. The number of hydrogen-bond donors (Lipinski definition) is 1. The molecule has 0 saturated carbocycles. The van der Waals surface area contributed by atoms with Crippen molar-refractivity contribution in [3.8, 4) is 0 Å². The molecule has 3 rings (SSSR count). The Bertz CT molecular complexity index is 497. The maximum Gasteiger partial charge on any atom is 0.254 e. The van der Waals surface area contributed by atoms with Crippen LogP contribution < -0.4 is 0 Å². The maximum atomic E-state index is 12.6. The molecule has 3 nitrogen and oxygen atoms in total. The van der Waals surface area contributed by atoms with Gasteiger partial charge in [0.25, 0.3) is 5.91 Å². The highest BCUT2D eigenvalue weighted by Gasteiger charge is 2.36. The van der Waals surface area contributed by atoms with Gasteiger partial charge in [0.2, 0.25) is 0 Å². The van der Waals surface area contributed by atoms with E-state index in [1.54, 1.807) is 0 Å². The summed E-state index contributed by atoms with van der Waals surface area (Å²) in [4.78, 5) is 14.6. The zero-order chi connectivity index (χ0) is 14.0. The molecule has 2 aliphatic rings. The Hall–Kier alpha value is -1.00. The highest BCUT2D eigenvalue weighted by Crippen LogP contribution is 2.34. The molecule has 1 amide bonds. The van der Waals surface area contributed by atoms with Crippen LogP contribution in [0.4, 0.5) is 0 Å². The number of ether oxygens (including phenoxy) is 1. The predicted molar refractivity (Wildman–Crippen MR) is 82.4 cm³/mol. The van der Waals surface area contributed by atoms with Crippen LogP contribution in [0.3, 0.4) is 0 Å². The van der Waals surface area contributed by atoms with Crippen molar-refractivity contribution in [2.45, 2.75) is 19.3 Å². The lowest BCUT2D eigenvalue weighted by Crippen LogP contribution is -2.47. The van der Waals surface area contributed by atoms with Crippen LogP contribution in [-0.2, 0) is 11.2 Å². The summed E-state index contributed by atoms with van der Waals surface area (Å²) in [5.74, 6) is 1.00. The lowest BCUT2D eigenvalue weighted by molar-refractivity contribution is 0.00757. The van der Waals surface area contributed by atoms with Gasteiger partial charge in [0.1, 0.15) is 0 Å². The van der Waals surface area contributed by atoms with Gasteiger partial charge in [-0.15, -0.1) is 0 Å². The van der Waals surface area contributed by atoms with Gasteiger partial charge in [-0.25, -0.2) is 0 Å². The Labute approximate surface area is 125 Å². The number of carbonyl (C=O) groups is 1. The van der Waals surface area contributed by atoms with Gasteiger partial charge in [-0.2, -0.15) is 12.6 Å². The van der Waals surface area contributed by atoms with E-state index in [1.165, 1.54) is 5.56 Å². The third-order valence-corrected chi connectivity index (χ3v) is 5.27. The first-order chi connectivity index (χ1) is 9.74. The fourth-order valence-corrected chi connectivity index (χ4v) is 3.62. The minimum Gasteiger partial charge on any atom is -0.381 e. The van der Waals surface area contributed by atoms with Crippen LogP contribution in [0.5, 0.6) is 0 Å². The largest absolute Gasteiger partial charge is 0.381 e. The van der Waals surface area contributed by atoms with Crippen molar-refractivity contribution in [1.82, 2.24) is 4.90 Å². The van der Waals surface area contributed by atoms with Gasteiger partial charge in [-0.1, -0.05) is 18.2 Å². The molecular formula is C16H21NO2S. The van der Waals surface area contributed by atoms with Crippen molar-refractivity contribution in [1.29, 1.82) is 0 Å². The van der Waals surface area contributed by atoms with Gasteiger partial charge in [0.05, 0.1) is 0 Å². The second-order valence-electron chi connectivity index (χ2n) is 5.90. The molecule has 4 heteroatoms. The van der Waals surface area contributed by atoms with Crippen LogP contribution in [0.1, 0.15) is 28.8 Å². The number of nitrogens with zero attached hydrogens (tertiary/aromatic N) is 1. The molecule has 2 heterocycles. The molecule has 0 aliphatic carbocycles. The van der Waals surface area contributed by atoms with E-state index >= 15 is 0 Å². The summed E-state index contributed by atoms with van der Waals surface area (Å²) >= 11 is 4.54. The number of rotatable bonds is 3. The molecule has 1 aromatic carbocycles. The van der Waals surface area contributed by atoms with Crippen LogP contribution in [0, 0.1) is 5.41 Å². The zero-order valence-corrected chi connectivity index (χ0v) is 12.6. The molecule has 20 heavy (non-hydrogen) atoms. The number of thiol groups is 1. The molecule has 0 N–H and O–H groups in total. The third-order valence-electron chi connectivity index (χ3n) is 4.60. The van der Waals surface area contributed by atoms with E-state index < -0.39 is 0 Å². The molecule has 108 valence electrons. The molecule has 2 aliphatic heterocycles. The molecule has 0 atom stereocenters. The van der Waals surface area contributed by atoms with Gasteiger partial charge in [-0.05, 0) is 36.6 Å². The smallest absolute Gasteiger partial charge is 0.254 e. The molecule has 0 spiro atoms. The summed E-state index contributed by atoms with van der Waals surface area (Å²) < 4.78 is 5.46. The number of benzene rings is 1. The minimum atomic E-state index is 0.128. The third kappa shape index (κ3) is 2.59. The molecular weight excluding hydrogens is 270 g/mol. The SMILES string of the molecule is O=C1c2ccccc2CCN1CC1(CS)CCOCC1. The Morgan fingerprint density at radius 2 is 2.00 bits per heavy atom. The molecule has 0 bridgehead atoms. The van der Waals surface area contributed by atoms with E-state index in [1.807, 2.05) is 23.1 Å². The van der Waals surface area contributed by atoms with Crippen LogP contribution >= 0.6 is 12.6 Å². The topological polar surface area (TPSA) is 29.5 Å². The van der Waals surface area contributed by atoms with Gasteiger partial charge >= 0.3 is 0 Å². The Kier molecular flexibility index (Phi) is 4.03. The quantitative estimate of drug-likeness (QED) is 0.867. The normalized spacial score (nSPS) is 21.6. The summed E-state index contributed by atoms with van der Waals surface area (Å²) in [5, 5.41) is 0. The van der Waals surface area contributed by atoms with E-state index in [0.717, 1.165) is 56.9 Å². The number of carbonyl (C=O) groups excluding carboxylic acids is 1. The van der Waals surface area contributed by atoms with Crippen LogP contribution in [0.15, 0.2) is 24.3 Å². The highest BCUT2D eigenvalue weighted by atomic mass is 32.1. The second-order valence-corrected chi connectivity index (χ2v) is 6.22. The Balaban J connectivity index is 1.77. The fraction of sp³-hybridized carbons (Fsp3) is 0.562. The van der Waals surface area contributed by atoms with Gasteiger partial charge in [0.15, 0.2) is 0 Å². The maximum absolute atomic E-state index is 12.6. The van der Waals surface area contributed by atoms with E-state index in [0.29, 0.717) is 0 Å². The number of hydrogen-bond acceptors (Lipinski definition) is 3. The summed E-state index contributed by atoms with van der Waals surface area (Å²) in [6.07, 6.45) is 2.96. The zero-order valence-electron chi connectivity index (χ0n) is 11.7. The molecule has 1 aromatic rings. The van der Waals surface area contributed by atoms with E-state index in [4.69, 9.17) is 4.74 Å². The minimum absolute atomic E-state index is 0.128. The van der Waals surface area contributed by atoms with E-state index in [9.17, 15) is 4.79 Å². The lowest BCUT2D eigenvalue weighted by Gasteiger charge is -2.41. The molecule has 0 radical (unpaired) electrons. The van der Waals surface area contributed by atoms with Crippen molar-refractivity contribution < 1.29 is 9.53 Å². The fourth-order valence-electron chi connectivity index (χ4n) is 3.20. The second kappa shape index (κ2) is 5.78. The summed E-state index contributed by atoms with van der Waals surface area (Å²) in [5.41, 5.74) is 2.18. The van der Waals surface area contributed by atoms with Crippen LogP contribution in [0.2, 0.25) is 0 Å². The van der Waals surface area contributed by atoms with Gasteiger partial charge < -0.3 is 9.64 Å². The van der Waals surface area contributed by atoms with E-state index in [2.05, 4.69) is 18.7 Å². The van der Waals surface area contributed by atoms with Crippen LogP contribution in [-0.4, -0.2) is 42.9 Å². The van der Waals surface area contributed by atoms with Crippen molar-refractivity contribution in [3.05, 3.63) is 35.4 Å². The summed E-state index contributed by atoms with van der Waals surface area (Å²) in [7, 11) is 0. The lowest BCUT2D eigenvalue weighted by atomic mass is 9.81. The van der Waals surface area contributed by atoms with Crippen molar-refractivity contribution >= 4 is 18.5 Å². The average Bonchev–Trinajstić information content (AvgIpc) is 2.51. The molecule has 0 aromatic heterocycles. The van der Waals surface area contributed by atoms with Crippen LogP contribution in [0.25, 0.3) is 0 Å². The van der Waals surface area contributed by atoms with Crippen molar-refractivity contribution in [2.75, 3.05) is 32.1 Å². The predicted octanol–water partition coefficient (Wildman–Crippen LogP) is 2.41. The number of fused-ring (bicyclic) bond motifs is 1. The Morgan fingerprint density at radius 1 is 1.25 bits per heavy atom. The summed E-state index contributed by atoms with van der Waals surface area (Å²) in [6.45, 7) is 3.22. The molecule has 0 unspecified atom stereocenters. The van der Waals surface area contributed by atoms with Gasteiger partial charge in [0, 0.05) is 37.3 Å². The molecule has 1 saturated heterocycles. The molecule has 1 fully saturated rings. The standard InChI is InChI=1S/C16H21NO2S/c18-15-14-4-2-1-3-13(14)5-8-17(15)11-16(12-20)6-9-19-10-7-16/h1-4,20H,5-12H2. The van der Waals surface area contributed by atoms with E-state index in [-0.39, 0.29) is 11.3 Å². The van der Waals surface area contributed by atoms with Crippen molar-refractivity contribution in [2.24, 2.45) is 5.41 Å². The van der Waals surface area contributed by atoms with Crippen molar-refractivity contribution in [3.63, 3.8) is 0 Å². The monoisotopic (exact) mass is 291 g/mol. The number of amides is 1. The summed E-state index contributed by atoms with van der Waals surface area (Å²) in [6, 6.07) is 7.97. The first-order valence-electron chi connectivity index (χ1n) is 7.30. The van der Waals surface area contributed by atoms with Gasteiger partial charge in [-0.3, -0.25) is 4.79 Å². The Morgan fingerprint density at radius 3 is 2.75 bits per heavy atom. The first-order valence-corrected chi connectivity index (χ1v) is 7.93. The highest BCUT2D eigenvalue weighted by molar-refractivity contribution is 7.80.